The maximum absolute atomic E-state index is 14.9. The molecular formula is C28H32FN3O4. The van der Waals surface area contributed by atoms with Crippen molar-refractivity contribution >= 4 is 11.9 Å². The maximum Gasteiger partial charge on any atom is 0.305 e. The predicted molar refractivity (Wildman–Crippen MR) is 136 cm³/mol. The van der Waals surface area contributed by atoms with Crippen molar-refractivity contribution in [1.29, 1.82) is 0 Å². The summed E-state index contributed by atoms with van der Waals surface area (Å²) >= 11 is 0. The van der Waals surface area contributed by atoms with E-state index in [0.717, 1.165) is 16.7 Å². The molecule has 0 radical (unpaired) electrons. The average Bonchev–Trinajstić information content (AvgIpc) is 2.78. The summed E-state index contributed by atoms with van der Waals surface area (Å²) < 4.78 is 16.2. The molecule has 36 heavy (non-hydrogen) atoms. The van der Waals surface area contributed by atoms with E-state index in [4.69, 9.17) is 0 Å². The van der Waals surface area contributed by atoms with Crippen LogP contribution in [0.4, 0.5) is 4.39 Å². The van der Waals surface area contributed by atoms with Gasteiger partial charge in [0.1, 0.15) is 17.6 Å². The van der Waals surface area contributed by atoms with Gasteiger partial charge < -0.3 is 15.0 Å². The van der Waals surface area contributed by atoms with Crippen LogP contribution in [0.2, 0.25) is 0 Å². The molecule has 0 aliphatic rings. The third kappa shape index (κ3) is 6.24. The van der Waals surface area contributed by atoms with Crippen LogP contribution >= 0.6 is 0 Å². The molecule has 1 aromatic carbocycles. The quantitative estimate of drug-likeness (QED) is 0.442. The van der Waals surface area contributed by atoms with Crippen LogP contribution in [0.15, 0.2) is 53.5 Å². The number of rotatable bonds is 9. The Kier molecular flexibility index (Phi) is 8.40. The van der Waals surface area contributed by atoms with Crippen molar-refractivity contribution in [3.63, 3.8) is 0 Å². The normalized spacial score (nSPS) is 12.9. The third-order valence-electron chi connectivity index (χ3n) is 6.07. The number of aryl methyl sites for hydroxylation is 3. The molecule has 0 saturated heterocycles. The van der Waals surface area contributed by atoms with E-state index < -0.39 is 36.2 Å². The van der Waals surface area contributed by atoms with Crippen LogP contribution in [0.3, 0.4) is 0 Å². The van der Waals surface area contributed by atoms with Gasteiger partial charge in [-0.2, -0.15) is 0 Å². The highest BCUT2D eigenvalue weighted by atomic mass is 19.1. The first-order chi connectivity index (χ1) is 17.0. The average molecular weight is 494 g/mol. The molecule has 7 nitrogen and oxygen atoms in total. The summed E-state index contributed by atoms with van der Waals surface area (Å²) in [6, 6.07) is 9.53. The molecule has 0 unspecified atom stereocenters. The minimum atomic E-state index is -1.15. The summed E-state index contributed by atoms with van der Waals surface area (Å²) in [4.78, 5) is 42.3. The highest BCUT2D eigenvalue weighted by Crippen LogP contribution is 2.30. The van der Waals surface area contributed by atoms with Gasteiger partial charge in [0.2, 0.25) is 5.91 Å². The number of aliphatic carboxylic acids is 1. The Bertz CT molecular complexity index is 1310. The topological polar surface area (TPSA) is 101 Å². The number of carbonyl (C=O) groups excluding carboxylic acids is 1. The molecule has 0 aliphatic heterocycles. The molecule has 190 valence electrons. The fourth-order valence-corrected chi connectivity index (χ4v) is 4.33. The molecule has 3 aromatic rings. The summed E-state index contributed by atoms with van der Waals surface area (Å²) in [5.74, 6) is -2.10. The number of carbonyl (C=O) groups is 2. The number of carboxylic acids is 1. The molecule has 2 heterocycles. The van der Waals surface area contributed by atoms with Crippen molar-refractivity contribution in [3.05, 3.63) is 87.2 Å². The Hall–Kier alpha value is -3.81. The van der Waals surface area contributed by atoms with Crippen LogP contribution in [0.25, 0.3) is 11.3 Å². The summed E-state index contributed by atoms with van der Waals surface area (Å²) in [7, 11) is 0. The fourth-order valence-electron chi connectivity index (χ4n) is 4.33. The van der Waals surface area contributed by atoms with Gasteiger partial charge in [0.05, 0.1) is 18.2 Å². The van der Waals surface area contributed by atoms with Crippen LogP contribution in [0.1, 0.15) is 61.2 Å². The molecule has 3 rings (SSSR count). The van der Waals surface area contributed by atoms with Gasteiger partial charge in [0, 0.05) is 17.8 Å². The second-order valence-electron chi connectivity index (χ2n) is 9.59. The highest BCUT2D eigenvalue weighted by Gasteiger charge is 2.28. The maximum atomic E-state index is 14.9. The van der Waals surface area contributed by atoms with Gasteiger partial charge in [0.25, 0.3) is 5.56 Å². The van der Waals surface area contributed by atoms with E-state index in [-0.39, 0.29) is 22.9 Å². The number of halogens is 1. The minimum Gasteiger partial charge on any atom is -0.481 e. The molecule has 0 spiro atoms. The van der Waals surface area contributed by atoms with Gasteiger partial charge >= 0.3 is 5.97 Å². The SMILES string of the molecule is Cc1ccn([C@H](CC(C)C)C(=O)N[C@@H](CC(=O)O)c2ccc(F)c(-c3c(C)cccc3C)n2)c(=O)c1. The Morgan fingerprint density at radius 1 is 1.08 bits per heavy atom. The molecule has 0 aliphatic carbocycles. The van der Waals surface area contributed by atoms with E-state index in [1.807, 2.05) is 45.9 Å². The monoisotopic (exact) mass is 493 g/mol. The second-order valence-corrected chi connectivity index (χ2v) is 9.59. The van der Waals surface area contributed by atoms with Gasteiger partial charge in [-0.3, -0.25) is 14.4 Å². The number of aromatic nitrogens is 2. The van der Waals surface area contributed by atoms with Crippen molar-refractivity contribution in [1.82, 2.24) is 14.9 Å². The molecule has 0 saturated carbocycles. The van der Waals surface area contributed by atoms with Crippen LogP contribution in [-0.2, 0) is 9.59 Å². The second kappa shape index (κ2) is 11.3. The number of benzene rings is 1. The van der Waals surface area contributed by atoms with Gasteiger partial charge in [-0.25, -0.2) is 9.37 Å². The summed E-state index contributed by atoms with van der Waals surface area (Å²) in [5, 5.41) is 12.3. The van der Waals surface area contributed by atoms with Gasteiger partial charge in [-0.05, 0) is 68.0 Å². The van der Waals surface area contributed by atoms with Crippen molar-refractivity contribution in [2.45, 2.75) is 59.5 Å². The summed E-state index contributed by atoms with van der Waals surface area (Å²) in [6.07, 6.45) is 1.50. The number of hydrogen-bond acceptors (Lipinski definition) is 4. The lowest BCUT2D eigenvalue weighted by atomic mass is 9.98. The molecule has 8 heteroatoms. The van der Waals surface area contributed by atoms with Crippen molar-refractivity contribution in [2.24, 2.45) is 5.92 Å². The Labute approximate surface area is 210 Å². The number of amides is 1. The van der Waals surface area contributed by atoms with Crippen molar-refractivity contribution in [3.8, 4) is 11.3 Å². The molecule has 2 aromatic heterocycles. The van der Waals surface area contributed by atoms with E-state index in [1.54, 1.807) is 19.2 Å². The van der Waals surface area contributed by atoms with Gasteiger partial charge in [0.15, 0.2) is 0 Å². The number of hydrogen-bond donors (Lipinski definition) is 2. The Balaban J connectivity index is 2.02. The molecule has 0 bridgehead atoms. The number of carboxylic acid groups (broad SMARTS) is 1. The lowest BCUT2D eigenvalue weighted by Crippen LogP contribution is -2.40. The van der Waals surface area contributed by atoms with Gasteiger partial charge in [-0.1, -0.05) is 32.0 Å². The lowest BCUT2D eigenvalue weighted by molar-refractivity contribution is -0.138. The highest BCUT2D eigenvalue weighted by molar-refractivity contribution is 5.81. The minimum absolute atomic E-state index is 0.0893. The predicted octanol–water partition coefficient (Wildman–Crippen LogP) is 4.89. The fraction of sp³-hybridized carbons (Fsp3) is 0.357. The van der Waals surface area contributed by atoms with Crippen LogP contribution in [0.5, 0.6) is 0 Å². The van der Waals surface area contributed by atoms with E-state index in [0.29, 0.717) is 12.0 Å². The molecule has 0 fully saturated rings. The zero-order valence-electron chi connectivity index (χ0n) is 21.2. The van der Waals surface area contributed by atoms with Gasteiger partial charge in [-0.15, -0.1) is 0 Å². The number of nitrogens with zero attached hydrogens (tertiary/aromatic N) is 2. The molecule has 1 amide bonds. The Morgan fingerprint density at radius 2 is 1.75 bits per heavy atom. The smallest absolute Gasteiger partial charge is 0.305 e. The molecule has 2 atom stereocenters. The van der Waals surface area contributed by atoms with Crippen molar-refractivity contribution in [2.75, 3.05) is 0 Å². The lowest BCUT2D eigenvalue weighted by Gasteiger charge is -2.25. The van der Waals surface area contributed by atoms with Crippen LogP contribution in [0, 0.1) is 32.5 Å². The zero-order chi connectivity index (χ0) is 26.6. The molecule has 2 N–H and O–H groups in total. The Morgan fingerprint density at radius 3 is 2.33 bits per heavy atom. The van der Waals surface area contributed by atoms with Crippen molar-refractivity contribution < 1.29 is 19.1 Å². The van der Waals surface area contributed by atoms with E-state index in [1.165, 1.54) is 22.8 Å². The number of nitrogens with one attached hydrogen (secondary N) is 1. The first-order valence-electron chi connectivity index (χ1n) is 11.9. The van der Waals surface area contributed by atoms with E-state index in [2.05, 4.69) is 10.3 Å². The summed E-state index contributed by atoms with van der Waals surface area (Å²) in [6.45, 7) is 9.37. The summed E-state index contributed by atoms with van der Waals surface area (Å²) in [5.41, 5.74) is 3.06. The first kappa shape index (κ1) is 26.8. The molecular weight excluding hydrogens is 461 g/mol. The zero-order valence-corrected chi connectivity index (χ0v) is 21.2. The van der Waals surface area contributed by atoms with Crippen LogP contribution < -0.4 is 10.9 Å². The van der Waals surface area contributed by atoms with Crippen LogP contribution in [-0.4, -0.2) is 26.5 Å². The first-order valence-corrected chi connectivity index (χ1v) is 11.9. The third-order valence-corrected chi connectivity index (χ3v) is 6.07. The standard InChI is InChI=1S/C28H32FN3O4/c1-16(2)13-23(32-12-11-17(3)14-24(32)33)28(36)31-22(15-25(34)35)21-10-9-20(29)27(30-21)26-18(4)7-6-8-19(26)5/h6-12,14,16,22-23H,13,15H2,1-5H3,(H,31,36)(H,34,35)/t22-,23+/m0/s1. The van der Waals surface area contributed by atoms with E-state index >= 15 is 0 Å². The number of pyridine rings is 2. The van der Waals surface area contributed by atoms with E-state index in [9.17, 15) is 23.9 Å². The largest absolute Gasteiger partial charge is 0.481 e.